The Morgan fingerprint density at radius 2 is 1.78 bits per heavy atom. The van der Waals surface area contributed by atoms with Gasteiger partial charge in [-0.2, -0.15) is 0 Å². The Kier molecular flexibility index (Phi) is 5.15. The van der Waals surface area contributed by atoms with Crippen LogP contribution in [0.4, 0.5) is 10.1 Å². The van der Waals surface area contributed by atoms with Crippen molar-refractivity contribution >= 4 is 13.3 Å². The Balaban J connectivity index is 2.51. The molecule has 0 amide bonds. The number of hydrogen-bond acceptors (Lipinski definition) is 6. The van der Waals surface area contributed by atoms with Crippen molar-refractivity contribution in [3.05, 3.63) is 62.7 Å². The number of halogens is 1. The normalized spacial score (nSPS) is 12.8. The average molecular weight is 343 g/mol. The molecule has 0 bridgehead atoms. The lowest BCUT2D eigenvalue weighted by atomic mass is 10.3. The molecule has 0 spiro atoms. The van der Waals surface area contributed by atoms with Crippen LogP contribution in [0.1, 0.15) is 11.3 Å². The topological polar surface area (TPSA) is 113 Å². The molecule has 0 saturated heterocycles. The molecule has 0 aliphatic heterocycles. The van der Waals surface area contributed by atoms with Gasteiger partial charge in [0.25, 0.3) is 5.56 Å². The van der Waals surface area contributed by atoms with Crippen molar-refractivity contribution < 1.29 is 18.0 Å². The molecule has 0 radical (unpaired) electrons. The van der Waals surface area contributed by atoms with Gasteiger partial charge in [-0.25, -0.2) is 9.18 Å². The molecular weight excluding hydrogens is 328 g/mol. The molecule has 1 aromatic heterocycles. The number of rotatable bonds is 6. The van der Waals surface area contributed by atoms with Crippen molar-refractivity contribution in [1.82, 2.24) is 9.97 Å². The fraction of sp³-hybridized carbons (Fsp3) is 0.231. The maximum atomic E-state index is 13.0. The number of hydrogen-bond donors (Lipinski definition) is 3. The maximum absolute atomic E-state index is 13.0. The number of aromatic nitrogens is 2. The molecule has 1 heterocycles. The highest BCUT2D eigenvalue weighted by atomic mass is 31.2. The molecule has 10 heteroatoms. The summed E-state index contributed by atoms with van der Waals surface area (Å²) in [6.07, 6.45) is 1.12. The van der Waals surface area contributed by atoms with E-state index in [1.165, 1.54) is 38.5 Å². The summed E-state index contributed by atoms with van der Waals surface area (Å²) in [7, 11) is -1.44. The summed E-state index contributed by atoms with van der Waals surface area (Å²) in [5.41, 5.74) is -1.12. The van der Waals surface area contributed by atoms with Crippen molar-refractivity contribution in [1.29, 1.82) is 0 Å². The maximum Gasteiger partial charge on any atom is 0.356 e. The van der Waals surface area contributed by atoms with Gasteiger partial charge in [0.05, 0.1) is 5.56 Å². The minimum atomic E-state index is -3.78. The van der Waals surface area contributed by atoms with Gasteiger partial charge in [-0.15, -0.1) is 0 Å². The van der Waals surface area contributed by atoms with E-state index in [0.717, 1.165) is 6.20 Å². The minimum absolute atomic E-state index is 0.0547. The van der Waals surface area contributed by atoms with Crippen LogP contribution in [0.2, 0.25) is 0 Å². The average Bonchev–Trinajstić information content (AvgIpc) is 2.54. The molecule has 2 aromatic rings. The first-order valence-corrected chi connectivity index (χ1v) is 8.06. The van der Waals surface area contributed by atoms with Crippen LogP contribution < -0.4 is 16.6 Å². The fourth-order valence-electron chi connectivity index (χ4n) is 1.94. The summed E-state index contributed by atoms with van der Waals surface area (Å²) in [6.45, 7) is 0. The van der Waals surface area contributed by atoms with Crippen molar-refractivity contribution in [3.63, 3.8) is 0 Å². The second-order valence-electron chi connectivity index (χ2n) is 4.49. The van der Waals surface area contributed by atoms with Crippen LogP contribution in [0, 0.1) is 5.82 Å². The van der Waals surface area contributed by atoms with Crippen LogP contribution in [-0.4, -0.2) is 24.2 Å². The van der Waals surface area contributed by atoms with Crippen molar-refractivity contribution in [3.8, 4) is 0 Å². The van der Waals surface area contributed by atoms with Gasteiger partial charge in [0.1, 0.15) is 5.82 Å². The molecule has 3 N–H and O–H groups in total. The lowest BCUT2D eigenvalue weighted by Crippen LogP contribution is -2.29. The van der Waals surface area contributed by atoms with Crippen LogP contribution >= 0.6 is 7.60 Å². The second-order valence-corrected chi connectivity index (χ2v) is 6.81. The third-order valence-corrected chi connectivity index (χ3v) is 5.17. The number of H-pyrrole nitrogens is 2. The van der Waals surface area contributed by atoms with E-state index >= 15 is 0 Å². The van der Waals surface area contributed by atoms with E-state index in [-0.39, 0.29) is 5.56 Å². The Morgan fingerprint density at radius 3 is 2.30 bits per heavy atom. The summed E-state index contributed by atoms with van der Waals surface area (Å²) in [5.74, 6) is -1.65. The van der Waals surface area contributed by atoms with E-state index in [1.807, 2.05) is 4.98 Å². The quantitative estimate of drug-likeness (QED) is 0.689. The molecule has 0 aliphatic rings. The van der Waals surface area contributed by atoms with Crippen LogP contribution in [0.5, 0.6) is 0 Å². The molecule has 23 heavy (non-hydrogen) atoms. The summed E-state index contributed by atoms with van der Waals surface area (Å²) in [4.78, 5) is 27.5. The molecule has 1 unspecified atom stereocenters. The van der Waals surface area contributed by atoms with Crippen molar-refractivity contribution in [2.24, 2.45) is 0 Å². The third kappa shape index (κ3) is 3.76. The predicted octanol–water partition coefficient (Wildman–Crippen LogP) is 1.80. The lowest BCUT2D eigenvalue weighted by molar-refractivity contribution is 0.268. The number of aromatic amines is 2. The van der Waals surface area contributed by atoms with Crippen molar-refractivity contribution in [2.45, 2.75) is 5.78 Å². The van der Waals surface area contributed by atoms with Gasteiger partial charge in [-0.3, -0.25) is 14.3 Å². The zero-order chi connectivity index (χ0) is 17.0. The zero-order valence-electron chi connectivity index (χ0n) is 12.3. The second kappa shape index (κ2) is 6.91. The van der Waals surface area contributed by atoms with Crippen LogP contribution in [0.3, 0.4) is 0 Å². The Morgan fingerprint density at radius 1 is 1.17 bits per heavy atom. The van der Waals surface area contributed by atoms with E-state index in [0.29, 0.717) is 5.69 Å². The largest absolute Gasteiger partial charge is 0.368 e. The van der Waals surface area contributed by atoms with Crippen LogP contribution in [0.15, 0.2) is 40.1 Å². The molecule has 124 valence electrons. The van der Waals surface area contributed by atoms with Crippen LogP contribution in [0.25, 0.3) is 0 Å². The molecule has 8 nitrogen and oxygen atoms in total. The molecule has 1 atom stereocenters. The number of benzene rings is 1. The molecule has 0 saturated carbocycles. The SMILES string of the molecule is COP(=O)(OC)C(Nc1ccc(F)cc1)c1c[nH]c(=O)[nH]c1=O. The van der Waals surface area contributed by atoms with Gasteiger partial charge >= 0.3 is 13.3 Å². The minimum Gasteiger partial charge on any atom is -0.368 e. The van der Waals surface area contributed by atoms with E-state index in [4.69, 9.17) is 9.05 Å². The number of nitrogens with one attached hydrogen (secondary N) is 3. The van der Waals surface area contributed by atoms with Gasteiger partial charge in [-0.05, 0) is 24.3 Å². The summed E-state index contributed by atoms with van der Waals surface area (Å²) < 4.78 is 35.6. The van der Waals surface area contributed by atoms with Gasteiger partial charge in [0.15, 0.2) is 5.78 Å². The third-order valence-electron chi connectivity index (χ3n) is 3.12. The Hall–Kier alpha value is -2.22. The predicted molar refractivity (Wildman–Crippen MR) is 82.1 cm³/mol. The van der Waals surface area contributed by atoms with Gasteiger partial charge < -0.3 is 19.3 Å². The zero-order valence-corrected chi connectivity index (χ0v) is 13.2. The summed E-state index contributed by atoms with van der Waals surface area (Å²) in [5, 5.41) is 2.80. The monoisotopic (exact) mass is 343 g/mol. The highest BCUT2D eigenvalue weighted by Crippen LogP contribution is 2.58. The van der Waals surface area contributed by atoms with Gasteiger partial charge in [-0.1, -0.05) is 0 Å². The fourth-order valence-corrected chi connectivity index (χ4v) is 3.35. The Bertz CT molecular complexity index is 824. The first kappa shape index (κ1) is 17.1. The van der Waals surface area contributed by atoms with E-state index in [9.17, 15) is 18.5 Å². The highest BCUT2D eigenvalue weighted by Gasteiger charge is 2.37. The van der Waals surface area contributed by atoms with Gasteiger partial charge in [0, 0.05) is 26.1 Å². The number of anilines is 1. The Labute approximate surface area is 130 Å². The van der Waals surface area contributed by atoms with E-state index in [1.54, 1.807) is 0 Å². The molecular formula is C13H15FN3O5P. The molecule has 0 aliphatic carbocycles. The molecule has 0 fully saturated rings. The van der Waals surface area contributed by atoms with Crippen LogP contribution in [-0.2, 0) is 13.6 Å². The highest BCUT2D eigenvalue weighted by molar-refractivity contribution is 7.54. The summed E-state index contributed by atoms with van der Waals surface area (Å²) >= 11 is 0. The standard InChI is InChI=1S/C13H15FN3O5P/c1-21-23(20,22-2)12(10-7-15-13(19)17-11(10)18)16-9-5-3-8(14)4-6-9/h3-7,12,16H,1-2H3,(H2,15,17,18,19). The molecule has 2 rings (SSSR count). The molecule has 1 aromatic carbocycles. The van der Waals surface area contributed by atoms with E-state index in [2.05, 4.69) is 10.3 Å². The smallest absolute Gasteiger partial charge is 0.356 e. The van der Waals surface area contributed by atoms with E-state index < -0.39 is 30.4 Å². The first-order chi connectivity index (χ1) is 10.9. The van der Waals surface area contributed by atoms with Gasteiger partial charge in [0.2, 0.25) is 0 Å². The van der Waals surface area contributed by atoms with Crippen molar-refractivity contribution in [2.75, 3.05) is 19.5 Å². The first-order valence-electron chi connectivity index (χ1n) is 6.45. The summed E-state index contributed by atoms with van der Waals surface area (Å²) in [6, 6.07) is 5.19. The lowest BCUT2D eigenvalue weighted by Gasteiger charge is -2.25.